The normalized spacial score (nSPS) is 12.2. The third-order valence-electron chi connectivity index (χ3n) is 3.43. The maximum absolute atomic E-state index is 2.51. The lowest BCUT2D eigenvalue weighted by Gasteiger charge is -2.20. The topological polar surface area (TPSA) is 0 Å². The van der Waals surface area contributed by atoms with Crippen molar-refractivity contribution >= 4 is 44.1 Å². The van der Waals surface area contributed by atoms with Crippen molar-refractivity contribution in [2.24, 2.45) is 0 Å². The molecule has 1 heteroatoms. The van der Waals surface area contributed by atoms with Crippen molar-refractivity contribution in [3.8, 4) is 0 Å². The minimum atomic E-state index is 0.153. The molecule has 3 rings (SSSR count). The lowest BCUT2D eigenvalue weighted by atomic mass is 9.93. The average Bonchev–Trinajstić information content (AvgIpc) is 2.36. The van der Waals surface area contributed by atoms with Gasteiger partial charge in [-0.3, -0.25) is 0 Å². The van der Waals surface area contributed by atoms with E-state index in [1.54, 1.807) is 0 Å². The van der Waals surface area contributed by atoms with Gasteiger partial charge in [-0.15, -0.1) is 0 Å². The quantitative estimate of drug-likeness (QED) is 0.303. The van der Waals surface area contributed by atoms with E-state index in [2.05, 4.69) is 91.0 Å². The van der Waals surface area contributed by atoms with Gasteiger partial charge in [-0.2, -0.15) is 0 Å². The van der Waals surface area contributed by atoms with E-state index in [1.807, 2.05) is 0 Å². The molecule has 0 aliphatic carbocycles. The van der Waals surface area contributed by atoms with Gasteiger partial charge < -0.3 is 0 Å². The van der Waals surface area contributed by atoms with Gasteiger partial charge in [0, 0.05) is 3.42 Å². The fourth-order valence-corrected chi connectivity index (χ4v) is 3.03. The van der Waals surface area contributed by atoms with E-state index in [-0.39, 0.29) is 3.42 Å². The second-order valence-electron chi connectivity index (χ2n) is 5.16. The summed E-state index contributed by atoms with van der Waals surface area (Å²) in [6.45, 7) is 4.52. The molecular formula is C17H15I. The van der Waals surface area contributed by atoms with Crippen LogP contribution in [0, 0.1) is 0 Å². The molecule has 0 amide bonds. The minimum absolute atomic E-state index is 0.153. The summed E-state index contributed by atoms with van der Waals surface area (Å²) in [5.74, 6) is 0. The van der Waals surface area contributed by atoms with Crippen LogP contribution in [0.3, 0.4) is 0 Å². The van der Waals surface area contributed by atoms with Crippen molar-refractivity contribution in [2.75, 3.05) is 0 Å². The molecule has 0 fully saturated rings. The van der Waals surface area contributed by atoms with Gasteiger partial charge in [0.25, 0.3) is 0 Å². The number of hydrogen-bond donors (Lipinski definition) is 0. The van der Waals surface area contributed by atoms with E-state index in [0.29, 0.717) is 0 Å². The van der Waals surface area contributed by atoms with Crippen LogP contribution in [0.4, 0.5) is 0 Å². The average molecular weight is 346 g/mol. The monoisotopic (exact) mass is 346 g/mol. The smallest absolute Gasteiger partial charge is 0.0420 e. The molecule has 3 aromatic carbocycles. The van der Waals surface area contributed by atoms with E-state index >= 15 is 0 Å². The van der Waals surface area contributed by atoms with Crippen LogP contribution >= 0.6 is 22.6 Å². The zero-order chi connectivity index (χ0) is 12.8. The Kier molecular flexibility index (Phi) is 2.81. The highest BCUT2D eigenvalue weighted by Gasteiger charge is 2.18. The molecule has 0 aliphatic rings. The summed E-state index contributed by atoms with van der Waals surface area (Å²) in [7, 11) is 0. The summed E-state index contributed by atoms with van der Waals surface area (Å²) >= 11 is 2.51. The van der Waals surface area contributed by atoms with Gasteiger partial charge in [0.1, 0.15) is 0 Å². The Bertz CT molecular complexity index is 720. The second-order valence-corrected chi connectivity index (χ2v) is 7.86. The highest BCUT2D eigenvalue weighted by atomic mass is 127. The fourth-order valence-electron chi connectivity index (χ4n) is 2.56. The number of benzene rings is 3. The third-order valence-corrected chi connectivity index (χ3v) is 4.01. The molecule has 0 saturated carbocycles. The summed E-state index contributed by atoms with van der Waals surface area (Å²) in [5.41, 5.74) is 1.41. The van der Waals surface area contributed by atoms with Crippen LogP contribution in [0.1, 0.15) is 19.4 Å². The highest BCUT2D eigenvalue weighted by Crippen LogP contribution is 2.37. The van der Waals surface area contributed by atoms with Gasteiger partial charge >= 0.3 is 0 Å². The molecule has 0 saturated heterocycles. The molecule has 0 spiro atoms. The van der Waals surface area contributed by atoms with E-state index < -0.39 is 0 Å². The summed E-state index contributed by atoms with van der Waals surface area (Å²) in [5, 5.41) is 5.39. The summed E-state index contributed by atoms with van der Waals surface area (Å²) < 4.78 is 0.153. The third kappa shape index (κ3) is 1.91. The van der Waals surface area contributed by atoms with E-state index in [0.717, 1.165) is 0 Å². The molecule has 0 nitrogen and oxygen atoms in total. The van der Waals surface area contributed by atoms with Crippen LogP contribution in [0.5, 0.6) is 0 Å². The molecule has 18 heavy (non-hydrogen) atoms. The summed E-state index contributed by atoms with van der Waals surface area (Å²) in [4.78, 5) is 0. The molecule has 0 unspecified atom stereocenters. The van der Waals surface area contributed by atoms with Crippen LogP contribution < -0.4 is 0 Å². The van der Waals surface area contributed by atoms with Gasteiger partial charge in [0.05, 0.1) is 0 Å². The van der Waals surface area contributed by atoms with Crippen LogP contribution in [0.2, 0.25) is 0 Å². The van der Waals surface area contributed by atoms with E-state index in [1.165, 1.54) is 27.1 Å². The van der Waals surface area contributed by atoms with Gasteiger partial charge in [-0.25, -0.2) is 0 Å². The molecule has 0 N–H and O–H groups in total. The fraction of sp³-hybridized carbons (Fsp3) is 0.176. The zero-order valence-corrected chi connectivity index (χ0v) is 12.7. The van der Waals surface area contributed by atoms with E-state index in [9.17, 15) is 0 Å². The van der Waals surface area contributed by atoms with E-state index in [4.69, 9.17) is 0 Å². The van der Waals surface area contributed by atoms with Crippen LogP contribution in [-0.4, -0.2) is 0 Å². The Labute approximate surface area is 121 Å². The molecule has 0 aliphatic heterocycles. The van der Waals surface area contributed by atoms with Gasteiger partial charge in [-0.05, 0) is 41.0 Å². The van der Waals surface area contributed by atoms with Crippen molar-refractivity contribution in [1.82, 2.24) is 0 Å². The SMILES string of the molecule is CC(C)(I)c1cccc2c1ccc1ccccc12. The molecule has 0 radical (unpaired) electrons. The molecule has 0 aromatic heterocycles. The second kappa shape index (κ2) is 4.23. The lowest BCUT2D eigenvalue weighted by Crippen LogP contribution is -2.06. The Morgan fingerprint density at radius 2 is 1.44 bits per heavy atom. The first-order valence-electron chi connectivity index (χ1n) is 6.17. The Balaban J connectivity index is 2.48. The molecule has 3 aromatic rings. The molecule has 0 heterocycles. The Morgan fingerprint density at radius 3 is 2.22 bits per heavy atom. The van der Waals surface area contributed by atoms with Gasteiger partial charge in [-0.1, -0.05) is 77.2 Å². The van der Waals surface area contributed by atoms with Gasteiger partial charge in [0.15, 0.2) is 0 Å². The zero-order valence-electron chi connectivity index (χ0n) is 10.6. The standard InChI is InChI=1S/C17H15I/c1-17(2,18)16-9-5-8-14-13-7-4-3-6-12(13)10-11-15(14)16/h3-11H,1-2H3. The van der Waals surface area contributed by atoms with Crippen molar-refractivity contribution < 1.29 is 0 Å². The maximum Gasteiger partial charge on any atom is 0.0420 e. The lowest BCUT2D eigenvalue weighted by molar-refractivity contribution is 0.836. The van der Waals surface area contributed by atoms with Crippen LogP contribution in [0.15, 0.2) is 54.6 Å². The van der Waals surface area contributed by atoms with Crippen molar-refractivity contribution in [3.63, 3.8) is 0 Å². The van der Waals surface area contributed by atoms with Crippen molar-refractivity contribution in [3.05, 3.63) is 60.2 Å². The van der Waals surface area contributed by atoms with Gasteiger partial charge in [0.2, 0.25) is 0 Å². The number of fused-ring (bicyclic) bond motifs is 3. The first kappa shape index (κ1) is 12.0. The maximum atomic E-state index is 2.51. The first-order valence-corrected chi connectivity index (χ1v) is 7.25. The summed E-state index contributed by atoms with van der Waals surface area (Å²) in [6, 6.07) is 19.7. The number of alkyl halides is 1. The highest BCUT2D eigenvalue weighted by molar-refractivity contribution is 14.1. The van der Waals surface area contributed by atoms with Crippen molar-refractivity contribution in [1.29, 1.82) is 0 Å². The predicted molar refractivity (Wildman–Crippen MR) is 88.5 cm³/mol. The number of rotatable bonds is 1. The Morgan fingerprint density at radius 1 is 0.722 bits per heavy atom. The molecule has 90 valence electrons. The largest absolute Gasteiger partial charge is 0.0742 e. The number of hydrogen-bond acceptors (Lipinski definition) is 0. The summed E-state index contributed by atoms with van der Waals surface area (Å²) in [6.07, 6.45) is 0. The molecular weight excluding hydrogens is 331 g/mol. The molecule has 0 atom stereocenters. The predicted octanol–water partition coefficient (Wildman–Crippen LogP) is 5.66. The van der Waals surface area contributed by atoms with Crippen LogP contribution in [-0.2, 0) is 3.42 Å². The Hall–Kier alpha value is -1.09. The molecule has 0 bridgehead atoms. The van der Waals surface area contributed by atoms with Crippen molar-refractivity contribution in [2.45, 2.75) is 17.3 Å². The number of halogens is 1. The van der Waals surface area contributed by atoms with Crippen LogP contribution in [0.25, 0.3) is 21.5 Å². The minimum Gasteiger partial charge on any atom is -0.0742 e. The first-order chi connectivity index (χ1) is 8.57.